The molecular weight excluding hydrogens is 322 g/mol. The average molecular weight is 345 g/mol. The van der Waals surface area contributed by atoms with E-state index in [9.17, 15) is 24.3 Å². The third-order valence-electron chi connectivity index (χ3n) is 4.13. The van der Waals surface area contributed by atoms with Crippen LogP contribution in [0.2, 0.25) is 0 Å². The van der Waals surface area contributed by atoms with Crippen molar-refractivity contribution >= 4 is 36.2 Å². The van der Waals surface area contributed by atoms with Gasteiger partial charge in [0.2, 0.25) is 17.4 Å². The molecule has 3 atom stereocenters. The van der Waals surface area contributed by atoms with Crippen molar-refractivity contribution in [1.82, 2.24) is 4.90 Å². The number of carboxylic acids is 1. The molecule has 8 nitrogen and oxygen atoms in total. The number of Topliss-reactive ketones (excluding diaryl/α,β-unsaturated/α-hetero) is 1. The molecule has 1 aliphatic rings. The quantitative estimate of drug-likeness (QED) is 0.384. The van der Waals surface area contributed by atoms with Crippen molar-refractivity contribution < 1.29 is 24.3 Å². The van der Waals surface area contributed by atoms with E-state index >= 15 is 0 Å². The molecule has 23 heavy (non-hydrogen) atoms. The number of ketones is 1. The summed E-state index contributed by atoms with van der Waals surface area (Å²) in [5.74, 6) is -5.03. The second-order valence-corrected chi connectivity index (χ2v) is 6.31. The van der Waals surface area contributed by atoms with Crippen LogP contribution < -0.4 is 11.5 Å². The largest absolute Gasteiger partial charge is 0.479 e. The number of rotatable bonds is 4. The van der Waals surface area contributed by atoms with Gasteiger partial charge in [-0.2, -0.15) is 12.6 Å². The zero-order valence-electron chi connectivity index (χ0n) is 13.2. The molecule has 1 rings (SSSR count). The molecule has 0 bridgehead atoms. The van der Waals surface area contributed by atoms with Crippen LogP contribution in [0.4, 0.5) is 0 Å². The van der Waals surface area contributed by atoms with Crippen LogP contribution in [0.25, 0.3) is 0 Å². The van der Waals surface area contributed by atoms with Crippen LogP contribution in [0.5, 0.6) is 0 Å². The topological polar surface area (TPSA) is 144 Å². The Hall–Kier alpha value is -1.45. The van der Waals surface area contributed by atoms with E-state index in [1.807, 2.05) is 0 Å². The monoisotopic (exact) mass is 345 g/mol. The predicted molar refractivity (Wildman–Crippen MR) is 85.7 cm³/mol. The predicted octanol–water partition coefficient (Wildman–Crippen LogP) is -0.842. The number of likely N-dealkylation sites (tertiary alicyclic amines) is 1. The molecule has 0 radical (unpaired) electrons. The van der Waals surface area contributed by atoms with Gasteiger partial charge in [0.25, 0.3) is 0 Å². The number of thiol groups is 1. The number of hydrogen-bond donors (Lipinski definition) is 4. The molecule has 130 valence electrons. The Morgan fingerprint density at radius 1 is 1.43 bits per heavy atom. The van der Waals surface area contributed by atoms with Gasteiger partial charge in [-0.15, -0.1) is 0 Å². The number of carbonyl (C=O) groups excluding carboxylic acids is 3. The summed E-state index contributed by atoms with van der Waals surface area (Å²) in [5.41, 5.74) is 9.13. The standard InChI is InChI=1S/C14H23N3O5S/c1-7(2)14(13(21)22)10(18)5-3-4-8(15)11(19)17(14)12(20)9(16)6-23/h7-9,23H,3-6,15-16H2,1-2H3,(H,21,22)/t8-,9-,14-/m0/s1. The molecular formula is C14H23N3O5S. The summed E-state index contributed by atoms with van der Waals surface area (Å²) >= 11 is 3.91. The van der Waals surface area contributed by atoms with Gasteiger partial charge in [0.15, 0.2) is 5.78 Å². The Balaban J connectivity index is 3.62. The van der Waals surface area contributed by atoms with Crippen molar-refractivity contribution in [3.8, 4) is 0 Å². The maximum absolute atomic E-state index is 12.6. The minimum atomic E-state index is -2.30. The SMILES string of the molecule is CC(C)[C@@]1(C(=O)O)C(=O)CCC[C@H](N)C(=O)N1C(=O)[C@@H](N)CS. The second-order valence-electron chi connectivity index (χ2n) is 5.95. The van der Waals surface area contributed by atoms with Gasteiger partial charge in [-0.3, -0.25) is 19.3 Å². The molecule has 1 fully saturated rings. The molecule has 0 aromatic carbocycles. The normalized spacial score (nSPS) is 27.6. The number of hydrogen-bond acceptors (Lipinski definition) is 7. The molecule has 2 amide bonds. The smallest absolute Gasteiger partial charge is 0.338 e. The molecule has 5 N–H and O–H groups in total. The molecule has 9 heteroatoms. The van der Waals surface area contributed by atoms with Crippen LogP contribution in [-0.2, 0) is 19.2 Å². The molecule has 0 spiro atoms. The van der Waals surface area contributed by atoms with E-state index in [1.165, 1.54) is 13.8 Å². The number of nitrogens with zero attached hydrogens (tertiary/aromatic N) is 1. The zero-order valence-corrected chi connectivity index (χ0v) is 14.1. The summed E-state index contributed by atoms with van der Waals surface area (Å²) < 4.78 is 0. The average Bonchev–Trinajstić information content (AvgIpc) is 2.48. The number of carboxylic acid groups (broad SMARTS) is 1. The lowest BCUT2D eigenvalue weighted by atomic mass is 9.76. The zero-order chi connectivity index (χ0) is 17.9. The molecule has 0 aromatic rings. The highest BCUT2D eigenvalue weighted by atomic mass is 32.1. The Kier molecular flexibility index (Phi) is 6.32. The van der Waals surface area contributed by atoms with Crippen molar-refractivity contribution in [2.24, 2.45) is 17.4 Å². The first-order chi connectivity index (χ1) is 10.6. The van der Waals surface area contributed by atoms with E-state index in [4.69, 9.17) is 11.5 Å². The van der Waals surface area contributed by atoms with Gasteiger partial charge in [-0.05, 0) is 18.8 Å². The second kappa shape index (κ2) is 7.41. The highest BCUT2D eigenvalue weighted by Gasteiger charge is 2.59. The Bertz CT molecular complexity index is 517. The summed E-state index contributed by atoms with van der Waals surface area (Å²) in [6.45, 7) is 2.94. The Labute approximate surface area is 140 Å². The van der Waals surface area contributed by atoms with Crippen molar-refractivity contribution in [1.29, 1.82) is 0 Å². The van der Waals surface area contributed by atoms with Gasteiger partial charge >= 0.3 is 5.97 Å². The van der Waals surface area contributed by atoms with Gasteiger partial charge in [0.1, 0.15) is 0 Å². The van der Waals surface area contributed by atoms with Crippen LogP contribution >= 0.6 is 12.6 Å². The maximum Gasteiger partial charge on any atom is 0.338 e. The number of carbonyl (C=O) groups is 4. The van der Waals surface area contributed by atoms with E-state index in [0.717, 1.165) is 0 Å². The number of nitrogens with two attached hydrogens (primary N) is 2. The molecule has 1 aliphatic heterocycles. The highest BCUT2D eigenvalue weighted by Crippen LogP contribution is 2.32. The van der Waals surface area contributed by atoms with Crippen LogP contribution in [-0.4, -0.2) is 56.9 Å². The van der Waals surface area contributed by atoms with Crippen LogP contribution in [0.15, 0.2) is 0 Å². The van der Waals surface area contributed by atoms with E-state index in [0.29, 0.717) is 4.90 Å². The van der Waals surface area contributed by atoms with Gasteiger partial charge in [0.05, 0.1) is 12.1 Å². The third kappa shape index (κ3) is 3.26. The summed E-state index contributed by atoms with van der Waals surface area (Å²) in [4.78, 5) is 50.3. The van der Waals surface area contributed by atoms with E-state index in [-0.39, 0.29) is 25.0 Å². The fourth-order valence-corrected chi connectivity index (χ4v) is 2.99. The molecule has 1 heterocycles. The molecule has 0 aromatic heterocycles. The molecule has 0 unspecified atom stereocenters. The first-order valence-electron chi connectivity index (χ1n) is 7.38. The first-order valence-corrected chi connectivity index (χ1v) is 8.02. The minimum Gasteiger partial charge on any atom is -0.479 e. The summed E-state index contributed by atoms with van der Waals surface area (Å²) in [7, 11) is 0. The van der Waals surface area contributed by atoms with Gasteiger partial charge in [-0.1, -0.05) is 13.8 Å². The van der Waals surface area contributed by atoms with Gasteiger partial charge < -0.3 is 16.6 Å². The number of imide groups is 1. The number of amides is 2. The van der Waals surface area contributed by atoms with E-state index in [1.54, 1.807) is 0 Å². The number of aliphatic carboxylic acids is 1. The lowest BCUT2D eigenvalue weighted by molar-refractivity contribution is -0.176. The van der Waals surface area contributed by atoms with Crippen LogP contribution in [0, 0.1) is 5.92 Å². The third-order valence-corrected chi connectivity index (χ3v) is 4.52. The van der Waals surface area contributed by atoms with Crippen LogP contribution in [0.3, 0.4) is 0 Å². The van der Waals surface area contributed by atoms with Crippen molar-refractivity contribution in [2.75, 3.05) is 5.75 Å². The molecule has 0 aliphatic carbocycles. The fourth-order valence-electron chi connectivity index (χ4n) is 2.83. The lowest BCUT2D eigenvalue weighted by Gasteiger charge is -2.43. The Morgan fingerprint density at radius 2 is 2.00 bits per heavy atom. The maximum atomic E-state index is 12.6. The van der Waals surface area contributed by atoms with E-state index in [2.05, 4.69) is 12.6 Å². The molecule has 0 saturated carbocycles. The minimum absolute atomic E-state index is 0.0780. The van der Waals surface area contributed by atoms with Crippen LogP contribution in [0.1, 0.15) is 33.1 Å². The molecule has 1 saturated heterocycles. The Morgan fingerprint density at radius 3 is 2.43 bits per heavy atom. The summed E-state index contributed by atoms with van der Waals surface area (Å²) in [6, 6.07) is -2.27. The summed E-state index contributed by atoms with van der Waals surface area (Å²) in [6.07, 6.45) is 0.401. The van der Waals surface area contributed by atoms with E-state index < -0.39 is 47.1 Å². The van der Waals surface area contributed by atoms with Crippen molar-refractivity contribution in [3.05, 3.63) is 0 Å². The highest BCUT2D eigenvalue weighted by molar-refractivity contribution is 7.80. The van der Waals surface area contributed by atoms with Crippen molar-refractivity contribution in [3.63, 3.8) is 0 Å². The lowest BCUT2D eigenvalue weighted by Crippen LogP contribution is -2.71. The summed E-state index contributed by atoms with van der Waals surface area (Å²) in [5, 5.41) is 9.76. The van der Waals surface area contributed by atoms with Crippen molar-refractivity contribution in [2.45, 2.75) is 50.7 Å². The fraction of sp³-hybridized carbons (Fsp3) is 0.714. The van der Waals surface area contributed by atoms with Gasteiger partial charge in [-0.25, -0.2) is 4.79 Å². The van der Waals surface area contributed by atoms with Gasteiger partial charge in [0, 0.05) is 12.2 Å². The first kappa shape index (κ1) is 19.6.